The van der Waals surface area contributed by atoms with Gasteiger partial charge in [-0.1, -0.05) is 6.92 Å². The second kappa shape index (κ2) is 4.34. The molecular formula is C9H14FN3O. The topological polar surface area (TPSA) is 85.2 Å². The van der Waals surface area contributed by atoms with Crippen molar-refractivity contribution in [2.75, 3.05) is 5.73 Å². The highest BCUT2D eigenvalue weighted by molar-refractivity contribution is 5.39. The molecular weight excluding hydrogens is 185 g/mol. The molecule has 0 spiro atoms. The van der Waals surface area contributed by atoms with Crippen LogP contribution in [0.1, 0.15) is 25.0 Å². The van der Waals surface area contributed by atoms with Crippen molar-refractivity contribution >= 4 is 5.69 Å². The van der Waals surface area contributed by atoms with Crippen LogP contribution in [-0.2, 0) is 0 Å². The minimum atomic E-state index is -0.851. The van der Waals surface area contributed by atoms with E-state index >= 15 is 0 Å². The lowest BCUT2D eigenvalue weighted by atomic mass is 10.0. The van der Waals surface area contributed by atoms with Gasteiger partial charge in [-0.15, -0.1) is 0 Å². The van der Waals surface area contributed by atoms with E-state index < -0.39 is 12.1 Å². The lowest BCUT2D eigenvalue weighted by Gasteiger charge is -2.17. The maximum Gasteiger partial charge on any atom is 0.236 e. The summed E-state index contributed by atoms with van der Waals surface area (Å²) in [6.45, 7) is 1.86. The van der Waals surface area contributed by atoms with E-state index in [0.717, 1.165) is 0 Å². The number of nitrogens with two attached hydrogens (primary N) is 2. The molecule has 2 atom stereocenters. The largest absolute Gasteiger partial charge is 0.395 e. The van der Waals surface area contributed by atoms with Crippen LogP contribution < -0.4 is 11.5 Å². The van der Waals surface area contributed by atoms with Crippen LogP contribution >= 0.6 is 0 Å². The number of nitrogen functional groups attached to an aromatic ring is 1. The molecule has 0 amide bonds. The van der Waals surface area contributed by atoms with E-state index in [9.17, 15) is 9.50 Å². The van der Waals surface area contributed by atoms with E-state index in [2.05, 4.69) is 4.98 Å². The minimum absolute atomic E-state index is 0.0788. The van der Waals surface area contributed by atoms with Gasteiger partial charge in [-0.25, -0.2) is 4.98 Å². The Hall–Kier alpha value is -1.20. The van der Waals surface area contributed by atoms with Crippen molar-refractivity contribution in [1.82, 2.24) is 4.98 Å². The fourth-order valence-corrected chi connectivity index (χ4v) is 1.11. The Morgan fingerprint density at radius 1 is 1.64 bits per heavy atom. The van der Waals surface area contributed by atoms with Crippen molar-refractivity contribution < 1.29 is 9.50 Å². The minimum Gasteiger partial charge on any atom is -0.395 e. The second-order valence-corrected chi connectivity index (χ2v) is 3.17. The zero-order valence-corrected chi connectivity index (χ0v) is 7.94. The van der Waals surface area contributed by atoms with E-state index in [4.69, 9.17) is 11.5 Å². The average molecular weight is 199 g/mol. The number of hydrogen-bond donors (Lipinski definition) is 3. The summed E-state index contributed by atoms with van der Waals surface area (Å²) in [6.07, 6.45) is 1.01. The number of halogens is 1. The standard InChI is InChI=1S/C9H14FN3O/c1-2-6(11)8(14)5-3-7(12)9(10)13-4-5/h3-4,6,8,14H,2,11-12H2,1H3. The average Bonchev–Trinajstić information content (AvgIpc) is 2.20. The molecule has 5 N–H and O–H groups in total. The van der Waals surface area contributed by atoms with Gasteiger partial charge < -0.3 is 16.6 Å². The molecule has 0 bridgehead atoms. The number of aromatic nitrogens is 1. The summed E-state index contributed by atoms with van der Waals surface area (Å²) in [5.74, 6) is -0.731. The molecule has 0 aliphatic heterocycles. The molecule has 2 unspecified atom stereocenters. The van der Waals surface area contributed by atoms with Crippen LogP contribution in [0.25, 0.3) is 0 Å². The number of aliphatic hydroxyl groups is 1. The summed E-state index contributed by atoms with van der Waals surface area (Å²) in [6, 6.07) is 0.962. The first-order valence-corrected chi connectivity index (χ1v) is 4.40. The molecule has 4 nitrogen and oxygen atoms in total. The maximum atomic E-state index is 12.7. The molecule has 78 valence electrons. The molecule has 14 heavy (non-hydrogen) atoms. The fraction of sp³-hybridized carbons (Fsp3) is 0.444. The third-order valence-electron chi connectivity index (χ3n) is 2.11. The molecule has 1 aromatic rings. The number of aliphatic hydroxyl groups excluding tert-OH is 1. The lowest BCUT2D eigenvalue weighted by molar-refractivity contribution is 0.144. The van der Waals surface area contributed by atoms with Crippen molar-refractivity contribution in [3.05, 3.63) is 23.8 Å². The van der Waals surface area contributed by atoms with E-state index in [-0.39, 0.29) is 11.7 Å². The lowest BCUT2D eigenvalue weighted by Crippen LogP contribution is -2.27. The third-order valence-corrected chi connectivity index (χ3v) is 2.11. The van der Waals surface area contributed by atoms with Gasteiger partial charge in [-0.05, 0) is 12.5 Å². The monoisotopic (exact) mass is 199 g/mol. The fourth-order valence-electron chi connectivity index (χ4n) is 1.11. The van der Waals surface area contributed by atoms with Crippen LogP contribution in [0.5, 0.6) is 0 Å². The number of rotatable bonds is 3. The molecule has 0 saturated carbocycles. The summed E-state index contributed by atoms with van der Waals surface area (Å²) in [5, 5.41) is 9.66. The molecule has 1 aromatic heterocycles. The zero-order valence-electron chi connectivity index (χ0n) is 7.94. The molecule has 0 radical (unpaired) electrons. The van der Waals surface area contributed by atoms with Gasteiger partial charge in [0, 0.05) is 17.8 Å². The first-order valence-electron chi connectivity index (χ1n) is 4.40. The van der Waals surface area contributed by atoms with Crippen molar-refractivity contribution in [3.8, 4) is 0 Å². The van der Waals surface area contributed by atoms with Gasteiger partial charge in [0.15, 0.2) is 0 Å². The Morgan fingerprint density at radius 3 is 2.79 bits per heavy atom. The van der Waals surface area contributed by atoms with Crippen molar-refractivity contribution in [1.29, 1.82) is 0 Å². The van der Waals surface area contributed by atoms with Gasteiger partial charge in [-0.3, -0.25) is 0 Å². The Balaban J connectivity index is 2.91. The molecule has 1 rings (SSSR count). The summed E-state index contributed by atoms with van der Waals surface area (Å²) in [7, 11) is 0. The molecule has 1 heterocycles. The van der Waals surface area contributed by atoms with E-state index in [1.807, 2.05) is 6.92 Å². The second-order valence-electron chi connectivity index (χ2n) is 3.17. The SMILES string of the molecule is CCC(N)C(O)c1cnc(F)c(N)c1. The Labute approximate surface area is 81.8 Å². The number of hydrogen-bond acceptors (Lipinski definition) is 4. The van der Waals surface area contributed by atoms with Crippen molar-refractivity contribution in [2.24, 2.45) is 5.73 Å². The predicted octanol–water partition coefficient (Wildman–Crippen LogP) is 0.574. The summed E-state index contributed by atoms with van der Waals surface area (Å²) in [5.41, 5.74) is 11.3. The first-order chi connectivity index (χ1) is 6.56. The van der Waals surface area contributed by atoms with Crippen LogP contribution in [0.2, 0.25) is 0 Å². The third kappa shape index (κ3) is 2.18. The van der Waals surface area contributed by atoms with Gasteiger partial charge in [0.25, 0.3) is 0 Å². The normalized spacial score (nSPS) is 15.1. The van der Waals surface area contributed by atoms with Gasteiger partial charge in [-0.2, -0.15) is 4.39 Å². The van der Waals surface area contributed by atoms with E-state index in [1.54, 1.807) is 0 Å². The number of pyridine rings is 1. The zero-order chi connectivity index (χ0) is 10.7. The van der Waals surface area contributed by atoms with E-state index in [1.165, 1.54) is 12.3 Å². The molecule has 0 aromatic carbocycles. The van der Waals surface area contributed by atoms with E-state index in [0.29, 0.717) is 12.0 Å². The summed E-state index contributed by atoms with van der Waals surface area (Å²) >= 11 is 0. The van der Waals surface area contributed by atoms with Gasteiger partial charge in [0.1, 0.15) is 0 Å². The molecule has 0 aliphatic rings. The predicted molar refractivity (Wildman–Crippen MR) is 51.8 cm³/mol. The van der Waals surface area contributed by atoms with Crippen molar-refractivity contribution in [2.45, 2.75) is 25.5 Å². The Morgan fingerprint density at radius 2 is 2.29 bits per heavy atom. The van der Waals surface area contributed by atoms with Crippen LogP contribution in [-0.4, -0.2) is 16.1 Å². The number of anilines is 1. The van der Waals surface area contributed by atoms with Crippen LogP contribution in [0.15, 0.2) is 12.3 Å². The molecule has 0 fully saturated rings. The van der Waals surface area contributed by atoms with Crippen LogP contribution in [0.3, 0.4) is 0 Å². The van der Waals surface area contributed by atoms with Gasteiger partial charge in [0.05, 0.1) is 11.8 Å². The highest BCUT2D eigenvalue weighted by Crippen LogP contribution is 2.19. The quantitative estimate of drug-likeness (QED) is 0.621. The van der Waals surface area contributed by atoms with Gasteiger partial charge >= 0.3 is 0 Å². The Bertz CT molecular complexity index is 319. The summed E-state index contributed by atoms with van der Waals surface area (Å²) in [4.78, 5) is 3.41. The number of nitrogens with zero attached hydrogens (tertiary/aromatic N) is 1. The maximum absolute atomic E-state index is 12.7. The van der Waals surface area contributed by atoms with Crippen LogP contribution in [0.4, 0.5) is 10.1 Å². The van der Waals surface area contributed by atoms with Gasteiger partial charge in [0.2, 0.25) is 5.95 Å². The first kappa shape index (κ1) is 10.9. The Kier molecular flexibility index (Phi) is 3.38. The molecule has 0 saturated heterocycles. The smallest absolute Gasteiger partial charge is 0.236 e. The highest BCUT2D eigenvalue weighted by Gasteiger charge is 2.16. The van der Waals surface area contributed by atoms with Crippen molar-refractivity contribution in [3.63, 3.8) is 0 Å². The summed E-state index contributed by atoms with van der Waals surface area (Å²) < 4.78 is 12.7. The van der Waals surface area contributed by atoms with Crippen LogP contribution in [0, 0.1) is 5.95 Å². The molecule has 5 heteroatoms. The molecule has 0 aliphatic carbocycles. The highest BCUT2D eigenvalue weighted by atomic mass is 19.1.